The molecule has 0 bridgehead atoms. The van der Waals surface area contributed by atoms with Crippen molar-refractivity contribution in [2.24, 2.45) is 0 Å². The lowest BCUT2D eigenvalue weighted by molar-refractivity contribution is -0.122. The van der Waals surface area contributed by atoms with Crippen LogP contribution in [0.2, 0.25) is 0 Å². The predicted molar refractivity (Wildman–Crippen MR) is 120 cm³/mol. The number of ether oxygens (including phenoxy) is 3. The number of benzene rings is 2. The van der Waals surface area contributed by atoms with E-state index in [1.165, 1.54) is 0 Å². The Labute approximate surface area is 188 Å². The van der Waals surface area contributed by atoms with Gasteiger partial charge in [-0.2, -0.15) is 0 Å². The second kappa shape index (κ2) is 9.94. The van der Waals surface area contributed by atoms with Crippen molar-refractivity contribution >= 4 is 12.0 Å². The molecule has 0 aromatic heterocycles. The number of carbonyl (C=O) groups excluding carboxylic acids is 2. The van der Waals surface area contributed by atoms with Crippen molar-refractivity contribution in [1.29, 1.82) is 0 Å². The summed E-state index contributed by atoms with van der Waals surface area (Å²) in [5.41, 5.74) is 1.91. The van der Waals surface area contributed by atoms with E-state index in [0.29, 0.717) is 19.8 Å². The molecule has 7 heteroatoms. The molecule has 2 aromatic rings. The highest BCUT2D eigenvalue weighted by Crippen LogP contribution is 2.43. The molecule has 0 unspecified atom stereocenters. The van der Waals surface area contributed by atoms with E-state index in [1.54, 1.807) is 6.92 Å². The summed E-state index contributed by atoms with van der Waals surface area (Å²) in [6.45, 7) is 3.44. The molecule has 0 saturated heterocycles. The Hall–Kier alpha value is -3.22. The average Bonchev–Trinajstić information content (AvgIpc) is 3.32. The van der Waals surface area contributed by atoms with Crippen LogP contribution in [0.3, 0.4) is 0 Å². The summed E-state index contributed by atoms with van der Waals surface area (Å²) in [5, 5.41) is 5.65. The first kappa shape index (κ1) is 22.0. The Morgan fingerprint density at radius 3 is 2.50 bits per heavy atom. The van der Waals surface area contributed by atoms with Crippen molar-refractivity contribution in [3.8, 4) is 11.5 Å². The van der Waals surface area contributed by atoms with Crippen LogP contribution >= 0.6 is 0 Å². The first-order valence-electron chi connectivity index (χ1n) is 11.2. The second-order valence-electron chi connectivity index (χ2n) is 8.49. The van der Waals surface area contributed by atoms with Crippen LogP contribution in [-0.2, 0) is 21.6 Å². The second-order valence-corrected chi connectivity index (χ2v) is 8.49. The normalized spacial score (nSPS) is 17.3. The third kappa shape index (κ3) is 5.15. The summed E-state index contributed by atoms with van der Waals surface area (Å²) in [6.07, 6.45) is 3.61. The van der Waals surface area contributed by atoms with Crippen LogP contribution in [0, 0.1) is 0 Å². The predicted octanol–water partition coefficient (Wildman–Crippen LogP) is 3.70. The van der Waals surface area contributed by atoms with Gasteiger partial charge in [-0.15, -0.1) is 0 Å². The van der Waals surface area contributed by atoms with E-state index in [0.717, 1.165) is 48.3 Å². The monoisotopic (exact) mass is 438 g/mol. The van der Waals surface area contributed by atoms with E-state index in [9.17, 15) is 9.59 Å². The first-order chi connectivity index (χ1) is 15.6. The molecule has 2 aromatic carbocycles. The number of rotatable bonds is 7. The van der Waals surface area contributed by atoms with Crippen LogP contribution in [0.25, 0.3) is 0 Å². The molecule has 4 rings (SSSR count). The van der Waals surface area contributed by atoms with E-state index >= 15 is 0 Å². The van der Waals surface area contributed by atoms with Gasteiger partial charge in [0.1, 0.15) is 25.9 Å². The van der Waals surface area contributed by atoms with Crippen molar-refractivity contribution in [1.82, 2.24) is 10.6 Å². The standard InChI is InChI=1S/C25H30N2O5/c1-18(27-24(29)32-16-19-7-3-2-4-8-19)23(28)26-17-25(11-5-6-12-25)20-9-10-21-22(15-20)31-14-13-30-21/h2-4,7-10,15,18H,5-6,11-14,16-17H2,1H3,(H,26,28)(H,27,29)/t18-/m0/s1. The van der Waals surface area contributed by atoms with Gasteiger partial charge in [0.15, 0.2) is 11.5 Å². The van der Waals surface area contributed by atoms with Gasteiger partial charge in [-0.25, -0.2) is 4.79 Å². The minimum Gasteiger partial charge on any atom is -0.486 e. The van der Waals surface area contributed by atoms with Gasteiger partial charge in [0.2, 0.25) is 5.91 Å². The van der Waals surface area contributed by atoms with Crippen LogP contribution in [0.4, 0.5) is 4.79 Å². The van der Waals surface area contributed by atoms with Crippen molar-refractivity contribution in [3.05, 3.63) is 59.7 Å². The Balaban J connectivity index is 1.32. The van der Waals surface area contributed by atoms with Gasteiger partial charge in [-0.3, -0.25) is 4.79 Å². The molecular weight excluding hydrogens is 408 g/mol. The number of nitrogens with one attached hydrogen (secondary N) is 2. The third-order valence-electron chi connectivity index (χ3n) is 6.26. The number of alkyl carbamates (subject to hydrolysis) is 1. The van der Waals surface area contributed by atoms with Crippen LogP contribution < -0.4 is 20.1 Å². The summed E-state index contributed by atoms with van der Waals surface area (Å²) in [6, 6.07) is 14.8. The summed E-state index contributed by atoms with van der Waals surface area (Å²) in [7, 11) is 0. The van der Waals surface area contributed by atoms with E-state index in [2.05, 4.69) is 22.8 Å². The van der Waals surface area contributed by atoms with Gasteiger partial charge < -0.3 is 24.8 Å². The number of carbonyl (C=O) groups is 2. The SMILES string of the molecule is C[C@H](NC(=O)OCc1ccccc1)C(=O)NCC1(c2ccc3c(c2)OCCO3)CCCC1. The zero-order chi connectivity index (χ0) is 22.4. The highest BCUT2D eigenvalue weighted by molar-refractivity contribution is 5.85. The minimum absolute atomic E-state index is 0.140. The molecule has 2 N–H and O–H groups in total. The van der Waals surface area contributed by atoms with Crippen molar-refractivity contribution in [2.45, 2.75) is 50.7 Å². The fourth-order valence-corrected chi connectivity index (χ4v) is 4.41. The molecular formula is C25H30N2O5. The molecule has 32 heavy (non-hydrogen) atoms. The van der Waals surface area contributed by atoms with E-state index in [-0.39, 0.29) is 17.9 Å². The number of hydrogen-bond donors (Lipinski definition) is 2. The number of hydrogen-bond acceptors (Lipinski definition) is 5. The molecule has 1 atom stereocenters. The summed E-state index contributed by atoms with van der Waals surface area (Å²) < 4.78 is 16.6. The fraction of sp³-hybridized carbons (Fsp3) is 0.440. The Bertz CT molecular complexity index is 941. The maximum Gasteiger partial charge on any atom is 0.408 e. The van der Waals surface area contributed by atoms with E-state index in [1.807, 2.05) is 36.4 Å². The van der Waals surface area contributed by atoms with Crippen molar-refractivity contribution < 1.29 is 23.8 Å². The van der Waals surface area contributed by atoms with Gasteiger partial charge in [0.25, 0.3) is 0 Å². The highest BCUT2D eigenvalue weighted by Gasteiger charge is 2.37. The van der Waals surface area contributed by atoms with Crippen LogP contribution in [0.1, 0.15) is 43.7 Å². The van der Waals surface area contributed by atoms with Crippen LogP contribution in [0.5, 0.6) is 11.5 Å². The van der Waals surface area contributed by atoms with E-state index in [4.69, 9.17) is 14.2 Å². The van der Waals surface area contributed by atoms with Crippen molar-refractivity contribution in [2.75, 3.05) is 19.8 Å². The van der Waals surface area contributed by atoms with Gasteiger partial charge >= 0.3 is 6.09 Å². The molecule has 1 fully saturated rings. The molecule has 1 aliphatic carbocycles. The summed E-state index contributed by atoms with van der Waals surface area (Å²) >= 11 is 0. The lowest BCUT2D eigenvalue weighted by Gasteiger charge is -2.31. The lowest BCUT2D eigenvalue weighted by Crippen LogP contribution is -2.48. The van der Waals surface area contributed by atoms with E-state index < -0.39 is 12.1 Å². The summed E-state index contributed by atoms with van der Waals surface area (Å²) in [5.74, 6) is 1.30. The molecule has 170 valence electrons. The smallest absolute Gasteiger partial charge is 0.408 e. The zero-order valence-corrected chi connectivity index (χ0v) is 18.4. The Morgan fingerprint density at radius 2 is 1.75 bits per heavy atom. The molecule has 1 aliphatic heterocycles. The zero-order valence-electron chi connectivity index (χ0n) is 18.4. The van der Waals surface area contributed by atoms with Gasteiger partial charge in [0, 0.05) is 12.0 Å². The Kier molecular flexibility index (Phi) is 6.83. The fourth-order valence-electron chi connectivity index (χ4n) is 4.41. The molecule has 1 heterocycles. The molecule has 1 saturated carbocycles. The highest BCUT2D eigenvalue weighted by atomic mass is 16.6. The molecule has 7 nitrogen and oxygen atoms in total. The van der Waals surface area contributed by atoms with Gasteiger partial charge in [-0.1, -0.05) is 49.2 Å². The largest absolute Gasteiger partial charge is 0.486 e. The quantitative estimate of drug-likeness (QED) is 0.689. The maximum atomic E-state index is 12.7. The van der Waals surface area contributed by atoms with Crippen LogP contribution in [0.15, 0.2) is 48.5 Å². The summed E-state index contributed by atoms with van der Waals surface area (Å²) in [4.78, 5) is 24.8. The number of amides is 2. The van der Waals surface area contributed by atoms with Gasteiger partial charge in [-0.05, 0) is 43.0 Å². The number of fused-ring (bicyclic) bond motifs is 1. The first-order valence-corrected chi connectivity index (χ1v) is 11.2. The van der Waals surface area contributed by atoms with Crippen molar-refractivity contribution in [3.63, 3.8) is 0 Å². The molecule has 2 amide bonds. The maximum absolute atomic E-state index is 12.7. The third-order valence-corrected chi connectivity index (χ3v) is 6.26. The average molecular weight is 439 g/mol. The minimum atomic E-state index is -0.697. The molecule has 0 radical (unpaired) electrons. The lowest BCUT2D eigenvalue weighted by atomic mass is 9.78. The molecule has 0 spiro atoms. The topological polar surface area (TPSA) is 85.9 Å². The molecule has 2 aliphatic rings. The Morgan fingerprint density at radius 1 is 1.03 bits per heavy atom. The van der Waals surface area contributed by atoms with Crippen LogP contribution in [-0.4, -0.2) is 37.8 Å². The van der Waals surface area contributed by atoms with Gasteiger partial charge in [0.05, 0.1) is 0 Å².